The van der Waals surface area contributed by atoms with Crippen LogP contribution in [0.2, 0.25) is 0 Å². The molecule has 2 N–H and O–H groups in total. The van der Waals surface area contributed by atoms with Crippen LogP contribution in [-0.4, -0.2) is 41.2 Å². The monoisotopic (exact) mass is 394 g/mol. The standard InChI is InChI=1S/C23H26N2O4/c1-15-7-5-8-16(2)20(15)29-14-18(26)13-25-21(27)23(24-22(25)28)12-6-10-17-9-3-4-11-19(17)23/h3-5,7-9,11,18,26H,6,10,12-14H2,1-2H3,(H,24,28)/t18-,23-/m0/s1. The van der Waals surface area contributed by atoms with Gasteiger partial charge in [0.2, 0.25) is 0 Å². The number of rotatable bonds is 5. The van der Waals surface area contributed by atoms with Gasteiger partial charge in [0.05, 0.1) is 6.54 Å². The molecule has 1 aliphatic heterocycles. The van der Waals surface area contributed by atoms with E-state index in [9.17, 15) is 14.7 Å². The van der Waals surface area contributed by atoms with Gasteiger partial charge in [-0.2, -0.15) is 0 Å². The summed E-state index contributed by atoms with van der Waals surface area (Å²) in [7, 11) is 0. The Labute approximate surface area is 170 Å². The molecule has 0 radical (unpaired) electrons. The second kappa shape index (κ2) is 7.52. The van der Waals surface area contributed by atoms with Crippen molar-refractivity contribution in [3.8, 4) is 5.75 Å². The Balaban J connectivity index is 1.48. The Morgan fingerprint density at radius 2 is 1.86 bits per heavy atom. The number of aryl methyl sites for hydroxylation is 3. The van der Waals surface area contributed by atoms with Crippen molar-refractivity contribution in [2.45, 2.75) is 44.8 Å². The van der Waals surface area contributed by atoms with Crippen molar-refractivity contribution in [2.24, 2.45) is 0 Å². The fourth-order valence-electron chi connectivity index (χ4n) is 4.45. The molecular weight excluding hydrogens is 368 g/mol. The Morgan fingerprint density at radius 3 is 2.62 bits per heavy atom. The van der Waals surface area contributed by atoms with Crippen molar-refractivity contribution < 1.29 is 19.4 Å². The fraction of sp³-hybridized carbons (Fsp3) is 0.391. The van der Waals surface area contributed by atoms with Crippen molar-refractivity contribution in [2.75, 3.05) is 13.2 Å². The number of aliphatic hydroxyl groups excluding tert-OH is 1. The average molecular weight is 394 g/mol. The first-order valence-corrected chi connectivity index (χ1v) is 10.0. The van der Waals surface area contributed by atoms with Gasteiger partial charge in [0, 0.05) is 0 Å². The second-order valence-electron chi connectivity index (χ2n) is 7.95. The van der Waals surface area contributed by atoms with Gasteiger partial charge in [-0.15, -0.1) is 0 Å². The van der Waals surface area contributed by atoms with Crippen LogP contribution in [0.3, 0.4) is 0 Å². The lowest BCUT2D eigenvalue weighted by Crippen LogP contribution is -2.47. The molecule has 4 rings (SSSR count). The normalized spacial score (nSPS) is 21.8. The summed E-state index contributed by atoms with van der Waals surface area (Å²) in [5.74, 6) is 0.433. The van der Waals surface area contributed by atoms with E-state index in [0.29, 0.717) is 6.42 Å². The minimum Gasteiger partial charge on any atom is -0.490 e. The molecule has 2 aromatic carbocycles. The highest BCUT2D eigenvalue weighted by molar-refractivity contribution is 6.07. The molecule has 0 saturated carbocycles. The van der Waals surface area contributed by atoms with Gasteiger partial charge in [-0.3, -0.25) is 9.69 Å². The first-order chi connectivity index (χ1) is 13.9. The number of hydrogen-bond acceptors (Lipinski definition) is 4. The molecule has 2 aliphatic rings. The molecule has 0 unspecified atom stereocenters. The molecule has 29 heavy (non-hydrogen) atoms. The van der Waals surface area contributed by atoms with Gasteiger partial charge >= 0.3 is 6.03 Å². The van der Waals surface area contributed by atoms with Gasteiger partial charge in [0.15, 0.2) is 0 Å². The highest BCUT2D eigenvalue weighted by atomic mass is 16.5. The van der Waals surface area contributed by atoms with Crippen LogP contribution in [0.1, 0.15) is 35.1 Å². The van der Waals surface area contributed by atoms with E-state index in [0.717, 1.165) is 45.7 Å². The molecule has 0 aromatic heterocycles. The van der Waals surface area contributed by atoms with E-state index in [1.165, 1.54) is 0 Å². The number of fused-ring (bicyclic) bond motifs is 2. The zero-order valence-electron chi connectivity index (χ0n) is 16.8. The number of carbonyl (C=O) groups is 2. The average Bonchev–Trinajstić information content (AvgIpc) is 2.93. The highest BCUT2D eigenvalue weighted by Crippen LogP contribution is 2.39. The minimum atomic E-state index is -1.01. The molecule has 1 saturated heterocycles. The molecule has 2 aromatic rings. The van der Waals surface area contributed by atoms with E-state index in [1.807, 2.05) is 56.3 Å². The van der Waals surface area contributed by atoms with Crippen molar-refractivity contribution >= 4 is 11.9 Å². The Kier molecular flexibility index (Phi) is 5.04. The van der Waals surface area contributed by atoms with E-state index in [-0.39, 0.29) is 19.1 Å². The third-order valence-corrected chi connectivity index (χ3v) is 5.87. The van der Waals surface area contributed by atoms with Gasteiger partial charge in [0.1, 0.15) is 24.0 Å². The number of imide groups is 1. The van der Waals surface area contributed by atoms with Gasteiger partial charge < -0.3 is 15.2 Å². The predicted octanol–water partition coefficient (Wildman–Crippen LogP) is 2.83. The number of nitrogens with one attached hydrogen (secondary N) is 1. The zero-order valence-corrected chi connectivity index (χ0v) is 16.8. The van der Waals surface area contributed by atoms with Crippen LogP contribution in [0.15, 0.2) is 42.5 Å². The molecule has 6 heteroatoms. The number of para-hydroxylation sites is 1. The SMILES string of the molecule is Cc1cccc(C)c1OC[C@@H](O)CN1C(=O)N[C@]2(CCCc3ccccc32)C1=O. The lowest BCUT2D eigenvalue weighted by atomic mass is 9.76. The zero-order chi connectivity index (χ0) is 20.6. The first kappa shape index (κ1) is 19.5. The van der Waals surface area contributed by atoms with Crippen molar-refractivity contribution in [3.63, 3.8) is 0 Å². The van der Waals surface area contributed by atoms with E-state index in [4.69, 9.17) is 4.74 Å². The number of ether oxygens (including phenoxy) is 1. The molecule has 1 fully saturated rings. The number of amides is 3. The van der Waals surface area contributed by atoms with Crippen LogP contribution in [0, 0.1) is 13.8 Å². The summed E-state index contributed by atoms with van der Waals surface area (Å²) >= 11 is 0. The molecule has 0 bridgehead atoms. The topological polar surface area (TPSA) is 78.9 Å². The summed E-state index contributed by atoms with van der Waals surface area (Å²) in [5.41, 5.74) is 2.90. The van der Waals surface area contributed by atoms with Crippen LogP contribution in [-0.2, 0) is 16.8 Å². The van der Waals surface area contributed by atoms with Crippen LogP contribution in [0.4, 0.5) is 4.79 Å². The fourth-order valence-corrected chi connectivity index (χ4v) is 4.45. The summed E-state index contributed by atoms with van der Waals surface area (Å²) in [5, 5.41) is 13.4. The molecule has 1 spiro atoms. The van der Waals surface area contributed by atoms with Crippen LogP contribution in [0.5, 0.6) is 5.75 Å². The number of benzene rings is 2. The molecule has 1 aliphatic carbocycles. The largest absolute Gasteiger partial charge is 0.490 e. The summed E-state index contributed by atoms with van der Waals surface area (Å²) in [6.07, 6.45) is 1.32. The van der Waals surface area contributed by atoms with E-state index in [2.05, 4.69) is 5.32 Å². The molecule has 1 heterocycles. The Bertz CT molecular complexity index is 937. The molecule has 2 atom stereocenters. The molecule has 6 nitrogen and oxygen atoms in total. The maximum atomic E-state index is 13.3. The van der Waals surface area contributed by atoms with Gasteiger partial charge in [-0.1, -0.05) is 42.5 Å². The maximum absolute atomic E-state index is 13.3. The lowest BCUT2D eigenvalue weighted by molar-refractivity contribution is -0.133. The summed E-state index contributed by atoms with van der Waals surface area (Å²) in [6.45, 7) is 3.79. The van der Waals surface area contributed by atoms with Crippen LogP contribution < -0.4 is 10.1 Å². The van der Waals surface area contributed by atoms with Crippen molar-refractivity contribution in [1.29, 1.82) is 0 Å². The Morgan fingerprint density at radius 1 is 1.14 bits per heavy atom. The number of aliphatic hydroxyl groups is 1. The van der Waals surface area contributed by atoms with E-state index < -0.39 is 17.7 Å². The smallest absolute Gasteiger partial charge is 0.325 e. The van der Waals surface area contributed by atoms with E-state index in [1.54, 1.807) is 0 Å². The quantitative estimate of drug-likeness (QED) is 0.765. The lowest BCUT2D eigenvalue weighted by Gasteiger charge is -2.33. The molecular formula is C23H26N2O4. The number of β-amino-alcohol motifs (C(OH)–C–C–N with tert-alkyl or cyclic N) is 1. The maximum Gasteiger partial charge on any atom is 0.325 e. The minimum absolute atomic E-state index is 0.00629. The second-order valence-corrected chi connectivity index (χ2v) is 7.95. The number of urea groups is 1. The van der Waals surface area contributed by atoms with Gasteiger partial charge in [-0.05, 0) is 55.4 Å². The number of hydrogen-bond donors (Lipinski definition) is 2. The first-order valence-electron chi connectivity index (χ1n) is 10.0. The van der Waals surface area contributed by atoms with E-state index >= 15 is 0 Å². The third kappa shape index (κ3) is 3.38. The van der Waals surface area contributed by atoms with Gasteiger partial charge in [0.25, 0.3) is 5.91 Å². The van der Waals surface area contributed by atoms with Crippen LogP contribution >= 0.6 is 0 Å². The summed E-state index contributed by atoms with van der Waals surface area (Å²) in [4.78, 5) is 27.0. The molecule has 3 amide bonds. The van der Waals surface area contributed by atoms with Crippen molar-refractivity contribution in [1.82, 2.24) is 10.2 Å². The van der Waals surface area contributed by atoms with Gasteiger partial charge in [-0.25, -0.2) is 4.79 Å². The highest BCUT2D eigenvalue weighted by Gasteiger charge is 2.54. The predicted molar refractivity (Wildman–Crippen MR) is 109 cm³/mol. The number of carbonyl (C=O) groups excluding carboxylic acids is 2. The Hall–Kier alpha value is -2.86. The van der Waals surface area contributed by atoms with Crippen molar-refractivity contribution in [3.05, 3.63) is 64.7 Å². The molecule has 152 valence electrons. The van der Waals surface area contributed by atoms with Crippen LogP contribution in [0.25, 0.3) is 0 Å². The number of nitrogens with zero attached hydrogens (tertiary/aromatic N) is 1. The third-order valence-electron chi connectivity index (χ3n) is 5.87. The summed E-state index contributed by atoms with van der Waals surface area (Å²) < 4.78 is 5.78. The summed E-state index contributed by atoms with van der Waals surface area (Å²) in [6, 6.07) is 13.1.